The zero-order valence-electron chi connectivity index (χ0n) is 15.1. The zero-order chi connectivity index (χ0) is 18.1. The summed E-state index contributed by atoms with van der Waals surface area (Å²) in [6.07, 6.45) is 0. The standard InChI is InChI=1S/C24H17NS2/c1-13-9-10-16-21-14(13)5-3-7-19(21)26-24-17-11-12-18(25-2)15-6-4-8-20(22(15)17)27-23(16)24/h3-12,25H,1-2H3. The summed E-state index contributed by atoms with van der Waals surface area (Å²) in [6, 6.07) is 22.5. The molecule has 130 valence electrons. The van der Waals surface area contributed by atoms with Crippen molar-refractivity contribution in [2.45, 2.75) is 6.92 Å². The molecule has 0 fully saturated rings. The maximum absolute atomic E-state index is 3.35. The molecule has 4 aromatic carbocycles. The molecule has 0 spiro atoms. The molecule has 4 aromatic rings. The summed E-state index contributed by atoms with van der Waals surface area (Å²) < 4.78 is 5.53. The molecule has 0 radical (unpaired) electrons. The first-order chi connectivity index (χ1) is 13.3. The highest BCUT2D eigenvalue weighted by molar-refractivity contribution is 7.21. The van der Waals surface area contributed by atoms with Gasteiger partial charge in [0.05, 0.1) is 9.06 Å². The first-order valence-corrected chi connectivity index (χ1v) is 10.8. The van der Waals surface area contributed by atoms with Crippen molar-refractivity contribution in [3.05, 3.63) is 75.3 Å². The lowest BCUT2D eigenvalue weighted by atomic mass is 10.0. The first kappa shape index (κ1) is 15.4. The maximum atomic E-state index is 3.35. The lowest BCUT2D eigenvalue weighted by molar-refractivity contribution is 1.54. The molecular formula is C24H17NS2. The van der Waals surface area contributed by atoms with Crippen molar-refractivity contribution in [3.63, 3.8) is 0 Å². The fourth-order valence-electron chi connectivity index (χ4n) is 4.33. The third-order valence-electron chi connectivity index (χ3n) is 5.61. The van der Waals surface area contributed by atoms with Crippen molar-refractivity contribution in [3.8, 4) is 0 Å². The van der Waals surface area contributed by atoms with Crippen LogP contribution in [0.25, 0.3) is 41.7 Å². The second-order valence-electron chi connectivity index (χ2n) is 7.06. The van der Waals surface area contributed by atoms with Crippen molar-refractivity contribution in [2.75, 3.05) is 12.4 Å². The number of benzene rings is 4. The van der Waals surface area contributed by atoms with E-state index < -0.39 is 0 Å². The molecule has 0 unspecified atom stereocenters. The monoisotopic (exact) mass is 383 g/mol. The van der Waals surface area contributed by atoms with Crippen LogP contribution in [0.15, 0.2) is 60.7 Å². The average molecular weight is 384 g/mol. The molecule has 27 heavy (non-hydrogen) atoms. The van der Waals surface area contributed by atoms with Gasteiger partial charge in [-0.15, -0.1) is 22.7 Å². The second-order valence-corrected chi connectivity index (χ2v) is 9.16. The van der Waals surface area contributed by atoms with Gasteiger partial charge in [0.2, 0.25) is 0 Å². The summed E-state index contributed by atoms with van der Waals surface area (Å²) in [5.41, 5.74) is 2.54. The number of anilines is 1. The topological polar surface area (TPSA) is 12.0 Å². The van der Waals surface area contributed by atoms with Crippen molar-refractivity contribution < 1.29 is 0 Å². The molecule has 6 rings (SSSR count). The van der Waals surface area contributed by atoms with Crippen LogP contribution >= 0.6 is 22.7 Å². The largest absolute Gasteiger partial charge is 0.388 e. The number of aryl methyl sites for hydroxylation is 1. The second kappa shape index (κ2) is 5.44. The Balaban J connectivity index is 1.99. The van der Waals surface area contributed by atoms with Gasteiger partial charge in [0.15, 0.2) is 0 Å². The minimum Gasteiger partial charge on any atom is -0.388 e. The van der Waals surface area contributed by atoms with Crippen molar-refractivity contribution in [1.29, 1.82) is 0 Å². The van der Waals surface area contributed by atoms with E-state index in [0.29, 0.717) is 0 Å². The molecule has 0 aromatic heterocycles. The lowest BCUT2D eigenvalue weighted by Crippen LogP contribution is -1.91. The predicted octanol–water partition coefficient (Wildman–Crippen LogP) is 7.50. The van der Waals surface area contributed by atoms with E-state index in [-0.39, 0.29) is 0 Å². The van der Waals surface area contributed by atoms with E-state index in [9.17, 15) is 0 Å². The van der Waals surface area contributed by atoms with Crippen LogP contribution in [0.5, 0.6) is 0 Å². The third kappa shape index (κ3) is 1.98. The maximum Gasteiger partial charge on any atom is 0.0534 e. The third-order valence-corrected chi connectivity index (χ3v) is 8.12. The Morgan fingerprint density at radius 3 is 1.89 bits per heavy atom. The van der Waals surface area contributed by atoms with Crippen LogP contribution in [0.4, 0.5) is 5.69 Å². The molecule has 2 aliphatic rings. The van der Waals surface area contributed by atoms with Gasteiger partial charge < -0.3 is 5.32 Å². The Bertz CT molecular complexity index is 1570. The van der Waals surface area contributed by atoms with Gasteiger partial charge in [-0.1, -0.05) is 42.5 Å². The van der Waals surface area contributed by atoms with Gasteiger partial charge >= 0.3 is 0 Å². The molecule has 2 heterocycles. The summed E-state index contributed by atoms with van der Waals surface area (Å²) in [6.45, 7) is 2.21. The van der Waals surface area contributed by atoms with E-state index in [0.717, 1.165) is 0 Å². The molecule has 2 aliphatic heterocycles. The molecule has 0 bridgehead atoms. The van der Waals surface area contributed by atoms with Gasteiger partial charge in [0.1, 0.15) is 0 Å². The van der Waals surface area contributed by atoms with Crippen molar-refractivity contribution >= 4 is 70.1 Å². The van der Waals surface area contributed by atoms with Gasteiger partial charge in [0.25, 0.3) is 0 Å². The van der Waals surface area contributed by atoms with Gasteiger partial charge in [-0.2, -0.15) is 0 Å². The van der Waals surface area contributed by atoms with Crippen LogP contribution in [-0.2, 0) is 0 Å². The Morgan fingerprint density at radius 2 is 1.22 bits per heavy atom. The Labute approximate surface area is 164 Å². The summed E-state index contributed by atoms with van der Waals surface area (Å²) in [7, 11) is 2.00. The number of rotatable bonds is 1. The van der Waals surface area contributed by atoms with Crippen molar-refractivity contribution in [2.24, 2.45) is 0 Å². The van der Waals surface area contributed by atoms with E-state index in [1.54, 1.807) is 0 Å². The Morgan fingerprint density at radius 1 is 0.630 bits per heavy atom. The van der Waals surface area contributed by atoms with Gasteiger partial charge in [-0.3, -0.25) is 0 Å². The van der Waals surface area contributed by atoms with Crippen LogP contribution < -0.4 is 5.32 Å². The molecule has 0 saturated heterocycles. The molecule has 1 nitrogen and oxygen atoms in total. The van der Waals surface area contributed by atoms with Crippen molar-refractivity contribution in [1.82, 2.24) is 0 Å². The molecule has 0 amide bonds. The smallest absolute Gasteiger partial charge is 0.0534 e. The number of fused-ring (bicyclic) bond motifs is 2. The van der Waals surface area contributed by atoms with Gasteiger partial charge in [-0.05, 0) is 36.1 Å². The van der Waals surface area contributed by atoms with Crippen LogP contribution in [-0.4, -0.2) is 7.05 Å². The fourth-order valence-corrected chi connectivity index (χ4v) is 6.92. The normalized spacial score (nSPS) is 12.1. The van der Waals surface area contributed by atoms with Crippen LogP contribution in [0.1, 0.15) is 5.56 Å². The highest BCUT2D eigenvalue weighted by Crippen LogP contribution is 2.41. The van der Waals surface area contributed by atoms with Gasteiger partial charge in [-0.25, -0.2) is 0 Å². The van der Waals surface area contributed by atoms with E-state index in [1.165, 1.54) is 62.0 Å². The predicted molar refractivity (Wildman–Crippen MR) is 122 cm³/mol. The highest BCUT2D eigenvalue weighted by Gasteiger charge is 2.13. The Kier molecular flexibility index (Phi) is 3.11. The average Bonchev–Trinajstić information content (AvgIpc) is 2.71. The molecular weight excluding hydrogens is 366 g/mol. The number of hydrogen-bond donors (Lipinski definition) is 1. The summed E-state index contributed by atoms with van der Waals surface area (Å²) in [5.74, 6) is 0. The fraction of sp³-hybridized carbons (Fsp3) is 0.0833. The van der Waals surface area contributed by atoms with Crippen LogP contribution in [0.2, 0.25) is 0 Å². The summed E-state index contributed by atoms with van der Waals surface area (Å²) in [5, 5.41) is 11.6. The first-order valence-electron chi connectivity index (χ1n) is 9.13. The Hall–Kier alpha value is -2.62. The van der Waals surface area contributed by atoms with E-state index in [1.807, 2.05) is 29.7 Å². The van der Waals surface area contributed by atoms with Crippen LogP contribution in [0.3, 0.4) is 0 Å². The number of hydrogen-bond acceptors (Lipinski definition) is 3. The molecule has 0 atom stereocenters. The quantitative estimate of drug-likeness (QED) is 0.310. The summed E-state index contributed by atoms with van der Waals surface area (Å²) in [4.78, 5) is 0. The summed E-state index contributed by atoms with van der Waals surface area (Å²) >= 11 is 3.86. The number of nitrogens with one attached hydrogen (secondary N) is 1. The molecule has 0 saturated carbocycles. The van der Waals surface area contributed by atoms with Gasteiger partial charge in [0, 0.05) is 49.1 Å². The highest BCUT2D eigenvalue weighted by atomic mass is 32.1. The minimum atomic E-state index is 1.19. The lowest BCUT2D eigenvalue weighted by Gasteiger charge is -2.13. The zero-order valence-corrected chi connectivity index (χ0v) is 16.7. The van der Waals surface area contributed by atoms with E-state index in [2.05, 4.69) is 72.9 Å². The molecule has 3 heteroatoms. The van der Waals surface area contributed by atoms with E-state index >= 15 is 0 Å². The molecule has 1 N–H and O–H groups in total. The minimum absolute atomic E-state index is 1.19. The van der Waals surface area contributed by atoms with E-state index in [4.69, 9.17) is 0 Å². The SMILES string of the molecule is CNc1ccc2c3sc4cccc5c(C)ccc(c=3sc3cccc1c32)c45. The molecule has 0 aliphatic carbocycles. The van der Waals surface area contributed by atoms with Crippen LogP contribution in [0, 0.1) is 16.0 Å².